The average Bonchev–Trinajstić information content (AvgIpc) is 2.34. The lowest BCUT2D eigenvalue weighted by atomic mass is 10.1. The number of carboxylic acid groups (broad SMARTS) is 1. The molecule has 0 saturated carbocycles. The molecule has 112 valence electrons. The summed E-state index contributed by atoms with van der Waals surface area (Å²) in [7, 11) is 1.52. The van der Waals surface area contributed by atoms with E-state index in [0.717, 1.165) is 12.1 Å². The van der Waals surface area contributed by atoms with Gasteiger partial charge in [-0.2, -0.15) is 0 Å². The predicted octanol–water partition coefficient (Wildman–Crippen LogP) is 2.44. The van der Waals surface area contributed by atoms with Gasteiger partial charge in [-0.3, -0.25) is 4.79 Å². The number of pyridine rings is 1. The lowest BCUT2D eigenvalue weighted by Crippen LogP contribution is -2.22. The first-order chi connectivity index (χ1) is 9.61. The molecule has 0 aliphatic heterocycles. The van der Waals surface area contributed by atoms with E-state index in [1.54, 1.807) is 0 Å². The second-order valence-corrected chi connectivity index (χ2v) is 4.38. The molecule has 0 unspecified atom stereocenters. The molecule has 0 aliphatic carbocycles. The number of benzene rings is 1. The minimum absolute atomic E-state index is 0.151. The molecule has 0 radical (unpaired) electrons. The molecule has 21 heavy (non-hydrogen) atoms. The monoisotopic (exact) mass is 301 g/mol. The van der Waals surface area contributed by atoms with Crippen molar-refractivity contribution in [2.75, 3.05) is 0 Å². The average molecular weight is 301 g/mol. The number of carbonyl (C=O) groups is 1. The quantitative estimate of drug-likeness (QED) is 0.925. The number of alkyl halides is 3. The van der Waals surface area contributed by atoms with Crippen LogP contribution in [0.15, 0.2) is 23.0 Å². The third-order valence-corrected chi connectivity index (χ3v) is 3.11. The van der Waals surface area contributed by atoms with Crippen LogP contribution in [0.3, 0.4) is 0 Å². The third kappa shape index (κ3) is 2.69. The lowest BCUT2D eigenvalue weighted by molar-refractivity contribution is -0.274. The summed E-state index contributed by atoms with van der Waals surface area (Å²) in [6.45, 7) is 1.45. The van der Waals surface area contributed by atoms with Gasteiger partial charge in [0.1, 0.15) is 11.3 Å². The molecule has 1 N–H and O–H groups in total. The minimum atomic E-state index is -4.89. The summed E-state index contributed by atoms with van der Waals surface area (Å²) >= 11 is 0. The molecular formula is C13H10F3NO4. The van der Waals surface area contributed by atoms with E-state index in [4.69, 9.17) is 5.11 Å². The number of aromatic nitrogens is 1. The Balaban J connectivity index is 2.78. The molecule has 0 aliphatic rings. The van der Waals surface area contributed by atoms with Gasteiger partial charge in [-0.25, -0.2) is 4.79 Å². The molecule has 1 aromatic carbocycles. The van der Waals surface area contributed by atoms with Crippen LogP contribution in [0.25, 0.3) is 10.9 Å². The highest BCUT2D eigenvalue weighted by Gasteiger charge is 2.31. The van der Waals surface area contributed by atoms with Crippen LogP contribution in [0.4, 0.5) is 13.2 Å². The smallest absolute Gasteiger partial charge is 0.477 e. The number of aryl methyl sites for hydroxylation is 1. The SMILES string of the molecule is Cc1c(C(=O)O)c(=O)c2cc(OC(F)(F)F)ccc2n1C. The summed E-state index contributed by atoms with van der Waals surface area (Å²) in [4.78, 5) is 23.3. The van der Waals surface area contributed by atoms with Crippen molar-refractivity contribution in [3.8, 4) is 5.75 Å². The molecule has 8 heteroatoms. The summed E-state index contributed by atoms with van der Waals surface area (Å²) in [5, 5.41) is 8.91. The lowest BCUT2D eigenvalue weighted by Gasteiger charge is -2.14. The van der Waals surface area contributed by atoms with Crippen molar-refractivity contribution in [3.63, 3.8) is 0 Å². The number of aromatic carboxylic acids is 1. The van der Waals surface area contributed by atoms with Gasteiger partial charge in [0.05, 0.1) is 10.9 Å². The van der Waals surface area contributed by atoms with Crippen LogP contribution in [0.5, 0.6) is 5.75 Å². The molecule has 0 bridgehead atoms. The first-order valence-corrected chi connectivity index (χ1v) is 5.74. The van der Waals surface area contributed by atoms with E-state index in [9.17, 15) is 22.8 Å². The number of fused-ring (bicyclic) bond motifs is 1. The maximum Gasteiger partial charge on any atom is 0.573 e. The summed E-state index contributed by atoms with van der Waals surface area (Å²) in [5.74, 6) is -2.01. The highest BCUT2D eigenvalue weighted by atomic mass is 19.4. The number of hydrogen-bond acceptors (Lipinski definition) is 3. The molecule has 0 amide bonds. The Morgan fingerprint density at radius 2 is 1.95 bits per heavy atom. The Labute approximate surface area is 116 Å². The van der Waals surface area contributed by atoms with Crippen molar-refractivity contribution >= 4 is 16.9 Å². The molecule has 2 rings (SSSR count). The number of nitrogens with zero attached hydrogens (tertiary/aromatic N) is 1. The number of ether oxygens (including phenoxy) is 1. The van der Waals surface area contributed by atoms with Crippen molar-refractivity contribution < 1.29 is 27.8 Å². The summed E-state index contributed by atoms with van der Waals surface area (Å²) in [6.07, 6.45) is -4.89. The summed E-state index contributed by atoms with van der Waals surface area (Å²) in [5.41, 5.74) is -0.795. The minimum Gasteiger partial charge on any atom is -0.477 e. The van der Waals surface area contributed by atoms with E-state index in [2.05, 4.69) is 4.74 Å². The van der Waals surface area contributed by atoms with E-state index in [1.165, 1.54) is 24.6 Å². The van der Waals surface area contributed by atoms with Crippen LogP contribution < -0.4 is 10.2 Å². The van der Waals surface area contributed by atoms with Crippen LogP contribution in [-0.2, 0) is 7.05 Å². The van der Waals surface area contributed by atoms with E-state index < -0.39 is 29.1 Å². The Hall–Kier alpha value is -2.51. The molecule has 0 atom stereocenters. The first kappa shape index (κ1) is 14.9. The fraction of sp³-hybridized carbons (Fsp3) is 0.231. The maximum absolute atomic E-state index is 12.2. The van der Waals surface area contributed by atoms with Gasteiger partial charge < -0.3 is 14.4 Å². The zero-order chi connectivity index (χ0) is 15.9. The van der Waals surface area contributed by atoms with E-state index in [1.807, 2.05) is 0 Å². The highest BCUT2D eigenvalue weighted by Crippen LogP contribution is 2.26. The highest BCUT2D eigenvalue weighted by molar-refractivity contribution is 5.94. The van der Waals surface area contributed by atoms with Gasteiger partial charge in [-0.05, 0) is 25.1 Å². The van der Waals surface area contributed by atoms with Gasteiger partial charge >= 0.3 is 12.3 Å². The van der Waals surface area contributed by atoms with Gasteiger partial charge in [0.25, 0.3) is 0 Å². The number of hydrogen-bond donors (Lipinski definition) is 1. The van der Waals surface area contributed by atoms with E-state index in [-0.39, 0.29) is 11.1 Å². The number of carboxylic acids is 1. The Bertz CT molecular complexity index is 793. The summed E-state index contributed by atoms with van der Waals surface area (Å²) in [6, 6.07) is 3.22. The molecule has 2 aromatic rings. The van der Waals surface area contributed by atoms with Crippen LogP contribution in [0.2, 0.25) is 0 Å². The zero-order valence-electron chi connectivity index (χ0n) is 11.0. The van der Waals surface area contributed by atoms with Crippen molar-refractivity contribution in [2.24, 2.45) is 7.05 Å². The van der Waals surface area contributed by atoms with Gasteiger partial charge in [0.2, 0.25) is 5.43 Å². The van der Waals surface area contributed by atoms with Gasteiger partial charge in [0, 0.05) is 12.7 Å². The Morgan fingerprint density at radius 1 is 1.33 bits per heavy atom. The third-order valence-electron chi connectivity index (χ3n) is 3.11. The van der Waals surface area contributed by atoms with Crippen LogP contribution in [-0.4, -0.2) is 22.0 Å². The van der Waals surface area contributed by atoms with Crippen molar-refractivity contribution in [1.82, 2.24) is 4.57 Å². The van der Waals surface area contributed by atoms with Gasteiger partial charge in [0.15, 0.2) is 0 Å². The molecule has 0 spiro atoms. The fourth-order valence-electron chi connectivity index (χ4n) is 2.09. The second-order valence-electron chi connectivity index (χ2n) is 4.38. The van der Waals surface area contributed by atoms with Crippen LogP contribution in [0.1, 0.15) is 16.1 Å². The molecule has 0 fully saturated rings. The van der Waals surface area contributed by atoms with Crippen LogP contribution in [0, 0.1) is 6.92 Å². The molecule has 1 heterocycles. The fourth-order valence-corrected chi connectivity index (χ4v) is 2.09. The largest absolute Gasteiger partial charge is 0.573 e. The maximum atomic E-state index is 12.2. The van der Waals surface area contributed by atoms with E-state index >= 15 is 0 Å². The Kier molecular flexibility index (Phi) is 3.40. The summed E-state index contributed by atoms with van der Waals surface area (Å²) < 4.78 is 41.7. The number of rotatable bonds is 2. The molecule has 0 saturated heterocycles. The predicted molar refractivity (Wildman–Crippen MR) is 67.6 cm³/mol. The topological polar surface area (TPSA) is 68.5 Å². The van der Waals surface area contributed by atoms with Crippen LogP contribution >= 0.6 is 0 Å². The zero-order valence-corrected chi connectivity index (χ0v) is 11.0. The van der Waals surface area contributed by atoms with Gasteiger partial charge in [-0.1, -0.05) is 0 Å². The molecular weight excluding hydrogens is 291 g/mol. The van der Waals surface area contributed by atoms with E-state index in [0.29, 0.717) is 5.52 Å². The Morgan fingerprint density at radius 3 is 2.48 bits per heavy atom. The number of halogens is 3. The van der Waals surface area contributed by atoms with Crippen molar-refractivity contribution in [3.05, 3.63) is 39.7 Å². The van der Waals surface area contributed by atoms with Crippen molar-refractivity contribution in [1.29, 1.82) is 0 Å². The van der Waals surface area contributed by atoms with Crippen molar-refractivity contribution in [2.45, 2.75) is 13.3 Å². The molecule has 1 aromatic heterocycles. The second kappa shape index (κ2) is 4.80. The molecule has 5 nitrogen and oxygen atoms in total. The normalized spacial score (nSPS) is 11.7. The standard InChI is InChI=1S/C13H10F3NO4/c1-6-10(12(19)20)11(18)8-5-7(21-13(14,15)16)3-4-9(8)17(6)2/h3-5H,1-2H3,(H,19,20). The van der Waals surface area contributed by atoms with Gasteiger partial charge in [-0.15, -0.1) is 13.2 Å². The first-order valence-electron chi connectivity index (χ1n) is 5.74.